The molecule has 0 radical (unpaired) electrons. The molecule has 0 aliphatic rings. The molecular formula is C13H15N3OS. The molecule has 0 amide bonds. The van der Waals surface area contributed by atoms with Gasteiger partial charge in [0.15, 0.2) is 0 Å². The summed E-state index contributed by atoms with van der Waals surface area (Å²) in [6.45, 7) is 0.596. The number of ether oxygens (including phenoxy) is 1. The van der Waals surface area contributed by atoms with Crippen LogP contribution in [0.2, 0.25) is 0 Å². The van der Waals surface area contributed by atoms with E-state index in [1.165, 1.54) is 0 Å². The summed E-state index contributed by atoms with van der Waals surface area (Å²) in [6.07, 6.45) is 6.28. The normalized spacial score (nSPS) is 10.3. The van der Waals surface area contributed by atoms with Crippen molar-refractivity contribution in [3.05, 3.63) is 42.2 Å². The molecule has 0 aliphatic carbocycles. The van der Waals surface area contributed by atoms with Crippen LogP contribution in [0.1, 0.15) is 5.56 Å². The van der Waals surface area contributed by atoms with Gasteiger partial charge in [-0.3, -0.25) is 0 Å². The van der Waals surface area contributed by atoms with Gasteiger partial charge in [-0.05, 0) is 36.9 Å². The fourth-order valence-corrected chi connectivity index (χ4v) is 2.02. The highest BCUT2D eigenvalue weighted by atomic mass is 32.2. The molecular weight excluding hydrogens is 246 g/mol. The zero-order valence-electron chi connectivity index (χ0n) is 10.2. The average Bonchev–Trinajstić information content (AvgIpc) is 2.42. The predicted octanol–water partition coefficient (Wildman–Crippen LogP) is 2.49. The Bertz CT molecular complexity index is 502. The fraction of sp³-hybridized carbons (Fsp3) is 0.231. The molecule has 18 heavy (non-hydrogen) atoms. The van der Waals surface area contributed by atoms with Gasteiger partial charge in [-0.25, -0.2) is 9.97 Å². The molecule has 0 fully saturated rings. The molecule has 2 aromatic rings. The lowest BCUT2D eigenvalue weighted by Crippen LogP contribution is -2.03. The van der Waals surface area contributed by atoms with Crippen LogP contribution in [0.25, 0.3) is 0 Å². The van der Waals surface area contributed by atoms with Crippen molar-refractivity contribution in [2.45, 2.75) is 11.3 Å². The van der Waals surface area contributed by atoms with Crippen molar-refractivity contribution in [3.8, 4) is 11.8 Å². The quantitative estimate of drug-likeness (QED) is 0.838. The first-order valence-corrected chi connectivity index (χ1v) is 6.88. The lowest BCUT2D eigenvalue weighted by atomic mass is 10.2. The van der Waals surface area contributed by atoms with Gasteiger partial charge in [-0.1, -0.05) is 12.1 Å². The van der Waals surface area contributed by atoms with Gasteiger partial charge < -0.3 is 10.5 Å². The third kappa shape index (κ3) is 3.21. The molecule has 2 N–H and O–H groups in total. The van der Waals surface area contributed by atoms with Crippen molar-refractivity contribution in [2.75, 3.05) is 12.8 Å². The SMILES string of the molecule is CSc1ccccc1Oc1ncc(CCN)cn1. The monoisotopic (exact) mass is 261 g/mol. The number of para-hydroxylation sites is 1. The molecule has 0 atom stereocenters. The molecule has 94 valence electrons. The number of hydrogen-bond donors (Lipinski definition) is 1. The van der Waals surface area contributed by atoms with Crippen LogP contribution in [0.5, 0.6) is 11.8 Å². The first-order valence-electron chi connectivity index (χ1n) is 5.65. The topological polar surface area (TPSA) is 61.0 Å². The Hall–Kier alpha value is -1.59. The summed E-state index contributed by atoms with van der Waals surface area (Å²) in [4.78, 5) is 9.40. The van der Waals surface area contributed by atoms with Crippen molar-refractivity contribution in [3.63, 3.8) is 0 Å². The maximum atomic E-state index is 5.66. The lowest BCUT2D eigenvalue weighted by Gasteiger charge is -2.07. The van der Waals surface area contributed by atoms with Crippen LogP contribution in [-0.2, 0) is 6.42 Å². The summed E-state index contributed by atoms with van der Waals surface area (Å²) in [5.74, 6) is 0.775. The van der Waals surface area contributed by atoms with Crippen molar-refractivity contribution in [1.82, 2.24) is 9.97 Å². The third-order valence-corrected chi connectivity index (χ3v) is 3.16. The lowest BCUT2D eigenvalue weighted by molar-refractivity contribution is 0.431. The van der Waals surface area contributed by atoms with Crippen molar-refractivity contribution in [1.29, 1.82) is 0 Å². The molecule has 1 aromatic carbocycles. The van der Waals surface area contributed by atoms with E-state index in [9.17, 15) is 0 Å². The van der Waals surface area contributed by atoms with Crippen LogP contribution in [0.4, 0.5) is 0 Å². The van der Waals surface area contributed by atoms with Gasteiger partial charge in [0, 0.05) is 17.3 Å². The Morgan fingerprint density at radius 3 is 2.61 bits per heavy atom. The summed E-state index contributed by atoms with van der Waals surface area (Å²) in [7, 11) is 0. The fourth-order valence-electron chi connectivity index (χ4n) is 1.49. The Morgan fingerprint density at radius 1 is 1.22 bits per heavy atom. The van der Waals surface area contributed by atoms with Crippen LogP contribution in [0, 0.1) is 0 Å². The molecule has 1 aromatic heterocycles. The Morgan fingerprint density at radius 2 is 1.94 bits per heavy atom. The van der Waals surface area contributed by atoms with Crippen LogP contribution >= 0.6 is 11.8 Å². The van der Waals surface area contributed by atoms with E-state index in [2.05, 4.69) is 9.97 Å². The maximum absolute atomic E-state index is 5.66. The largest absolute Gasteiger partial charge is 0.423 e. The minimum absolute atomic E-state index is 0.359. The highest BCUT2D eigenvalue weighted by Crippen LogP contribution is 2.29. The Balaban J connectivity index is 2.13. The van der Waals surface area contributed by atoms with Crippen LogP contribution < -0.4 is 10.5 Å². The van der Waals surface area contributed by atoms with E-state index in [-0.39, 0.29) is 0 Å². The molecule has 0 spiro atoms. The molecule has 1 heterocycles. The van der Waals surface area contributed by atoms with Crippen LogP contribution in [0.3, 0.4) is 0 Å². The van der Waals surface area contributed by atoms with Gasteiger partial charge in [0.1, 0.15) is 5.75 Å². The number of aromatic nitrogens is 2. The van der Waals surface area contributed by atoms with Crippen molar-refractivity contribution >= 4 is 11.8 Å². The number of thioether (sulfide) groups is 1. The zero-order chi connectivity index (χ0) is 12.8. The zero-order valence-corrected chi connectivity index (χ0v) is 11.0. The number of hydrogen-bond acceptors (Lipinski definition) is 5. The highest BCUT2D eigenvalue weighted by molar-refractivity contribution is 7.98. The molecule has 0 unspecified atom stereocenters. The predicted molar refractivity (Wildman–Crippen MR) is 73.1 cm³/mol. The van der Waals surface area contributed by atoms with E-state index in [1.54, 1.807) is 24.2 Å². The van der Waals surface area contributed by atoms with E-state index < -0.39 is 0 Å². The number of nitrogens with two attached hydrogens (primary N) is 1. The van der Waals surface area contributed by atoms with Crippen LogP contribution in [-0.4, -0.2) is 22.8 Å². The summed E-state index contributed by atoms with van der Waals surface area (Å²) >= 11 is 1.63. The van der Waals surface area contributed by atoms with Gasteiger partial charge in [0.05, 0.1) is 0 Å². The van der Waals surface area contributed by atoms with Crippen molar-refractivity contribution in [2.24, 2.45) is 5.73 Å². The van der Waals surface area contributed by atoms with Crippen LogP contribution in [0.15, 0.2) is 41.6 Å². The van der Waals surface area contributed by atoms with E-state index in [0.717, 1.165) is 22.6 Å². The van der Waals surface area contributed by atoms with Gasteiger partial charge in [-0.2, -0.15) is 0 Å². The molecule has 0 aliphatic heterocycles. The standard InChI is InChI=1S/C13H15N3OS/c1-18-12-5-3-2-4-11(12)17-13-15-8-10(6-7-14)9-16-13/h2-5,8-9H,6-7,14H2,1H3. The van der Waals surface area contributed by atoms with E-state index >= 15 is 0 Å². The highest BCUT2D eigenvalue weighted by Gasteiger charge is 2.05. The van der Waals surface area contributed by atoms with E-state index in [4.69, 9.17) is 10.5 Å². The van der Waals surface area contributed by atoms with Gasteiger partial charge in [0.2, 0.25) is 0 Å². The second-order valence-electron chi connectivity index (χ2n) is 3.67. The second kappa shape index (κ2) is 6.37. The minimum atomic E-state index is 0.359. The van der Waals surface area contributed by atoms with Gasteiger partial charge in [0.25, 0.3) is 0 Å². The molecule has 4 nitrogen and oxygen atoms in total. The molecule has 0 bridgehead atoms. The number of nitrogens with zero attached hydrogens (tertiary/aromatic N) is 2. The molecule has 2 rings (SSSR count). The average molecular weight is 261 g/mol. The molecule has 5 heteroatoms. The summed E-state index contributed by atoms with van der Waals surface area (Å²) in [6, 6.07) is 8.17. The minimum Gasteiger partial charge on any atom is -0.423 e. The Kier molecular flexibility index (Phi) is 4.55. The smallest absolute Gasteiger partial charge is 0.321 e. The van der Waals surface area contributed by atoms with E-state index in [1.807, 2.05) is 30.5 Å². The van der Waals surface area contributed by atoms with Gasteiger partial charge in [-0.15, -0.1) is 11.8 Å². The van der Waals surface area contributed by atoms with Gasteiger partial charge >= 0.3 is 6.01 Å². The first kappa shape index (κ1) is 12.9. The first-order chi connectivity index (χ1) is 8.83. The number of benzene rings is 1. The Labute approximate surface area is 111 Å². The second-order valence-corrected chi connectivity index (χ2v) is 4.51. The summed E-state index contributed by atoms with van der Waals surface area (Å²) in [5, 5.41) is 0. The van der Waals surface area contributed by atoms with E-state index in [0.29, 0.717) is 12.6 Å². The summed E-state index contributed by atoms with van der Waals surface area (Å²) < 4.78 is 5.66. The maximum Gasteiger partial charge on any atom is 0.321 e. The third-order valence-electron chi connectivity index (χ3n) is 2.38. The molecule has 0 saturated heterocycles. The summed E-state index contributed by atoms with van der Waals surface area (Å²) in [5.41, 5.74) is 6.49. The van der Waals surface area contributed by atoms with Crippen molar-refractivity contribution < 1.29 is 4.74 Å². The number of rotatable bonds is 5. The molecule has 0 saturated carbocycles.